The first-order valence-electron chi connectivity index (χ1n) is 10.5. The summed E-state index contributed by atoms with van der Waals surface area (Å²) < 4.78 is 11.1. The van der Waals surface area contributed by atoms with E-state index < -0.39 is 4.92 Å². The number of carbonyl (C=O) groups is 1. The highest BCUT2D eigenvalue weighted by Crippen LogP contribution is 2.29. The Hall–Kier alpha value is -4.11. The lowest BCUT2D eigenvalue weighted by Gasteiger charge is -2.06. The highest BCUT2D eigenvalue weighted by molar-refractivity contribution is 8.18. The summed E-state index contributed by atoms with van der Waals surface area (Å²) in [5, 5.41) is 14.2. The van der Waals surface area contributed by atoms with Crippen LogP contribution >= 0.6 is 11.8 Å². The van der Waals surface area contributed by atoms with Gasteiger partial charge in [-0.2, -0.15) is 0 Å². The number of hydrogen-bond acceptors (Lipinski definition) is 7. The van der Waals surface area contributed by atoms with Crippen molar-refractivity contribution in [1.29, 1.82) is 0 Å². The number of ether oxygens (including phenoxy) is 2. The first-order chi connectivity index (χ1) is 16.5. The Morgan fingerprint density at radius 3 is 2.44 bits per heavy atom. The lowest BCUT2D eigenvalue weighted by molar-refractivity contribution is -0.384. The molecule has 8 nitrogen and oxygen atoms in total. The Bertz CT molecular complexity index is 1250. The maximum Gasteiger partial charge on any atom is 0.269 e. The summed E-state index contributed by atoms with van der Waals surface area (Å²) in [4.78, 5) is 27.8. The van der Waals surface area contributed by atoms with Crippen LogP contribution in [0.1, 0.15) is 18.1 Å². The summed E-state index contributed by atoms with van der Waals surface area (Å²) in [6.07, 6.45) is 1.78. The smallest absolute Gasteiger partial charge is 0.269 e. The number of thioether (sulfide) groups is 1. The molecule has 34 heavy (non-hydrogen) atoms. The molecule has 0 unspecified atom stereocenters. The van der Waals surface area contributed by atoms with Gasteiger partial charge in [0.1, 0.15) is 18.1 Å². The van der Waals surface area contributed by atoms with Gasteiger partial charge in [-0.1, -0.05) is 24.3 Å². The van der Waals surface area contributed by atoms with Gasteiger partial charge in [0.05, 0.1) is 22.1 Å². The zero-order valence-corrected chi connectivity index (χ0v) is 19.1. The van der Waals surface area contributed by atoms with E-state index in [9.17, 15) is 14.9 Å². The van der Waals surface area contributed by atoms with Crippen molar-refractivity contribution in [3.8, 4) is 11.5 Å². The maximum absolute atomic E-state index is 12.3. The molecule has 0 aliphatic carbocycles. The fraction of sp³-hybridized carbons (Fsp3) is 0.120. The molecule has 3 aromatic rings. The van der Waals surface area contributed by atoms with Gasteiger partial charge in [-0.25, -0.2) is 4.99 Å². The number of nitro benzene ring substituents is 1. The molecule has 4 rings (SSSR count). The SMILES string of the molecule is CCOc1ccc(N=C2NC(=O)/C(=C\c3ccc(OCc4cccc([N+](=O)[O-])c4)cc3)S2)cc1. The molecule has 3 aromatic carbocycles. The number of aliphatic imine (C=N–C) groups is 1. The molecule has 0 saturated carbocycles. The van der Waals surface area contributed by atoms with Crippen LogP contribution in [0.2, 0.25) is 0 Å². The second-order valence-corrected chi connectivity index (χ2v) is 8.22. The van der Waals surface area contributed by atoms with Gasteiger partial charge in [0.25, 0.3) is 11.6 Å². The van der Waals surface area contributed by atoms with Crippen molar-refractivity contribution in [3.63, 3.8) is 0 Å². The fourth-order valence-corrected chi connectivity index (χ4v) is 3.96. The Labute approximate surface area is 200 Å². The molecular formula is C25H21N3O5S. The molecule has 172 valence electrons. The number of carbonyl (C=O) groups excluding carboxylic acids is 1. The van der Waals surface area contributed by atoms with Gasteiger partial charge in [0.2, 0.25) is 0 Å². The van der Waals surface area contributed by atoms with E-state index in [1.807, 2.05) is 43.3 Å². The number of nitrogens with zero attached hydrogens (tertiary/aromatic N) is 2. The zero-order valence-electron chi connectivity index (χ0n) is 18.3. The van der Waals surface area contributed by atoms with Crippen molar-refractivity contribution in [3.05, 3.63) is 98.9 Å². The Kier molecular flexibility index (Phi) is 7.24. The molecule has 1 saturated heterocycles. The normalized spacial score (nSPS) is 15.4. The Morgan fingerprint density at radius 2 is 1.74 bits per heavy atom. The highest BCUT2D eigenvalue weighted by Gasteiger charge is 2.23. The Balaban J connectivity index is 1.37. The number of benzene rings is 3. The van der Waals surface area contributed by atoms with E-state index in [-0.39, 0.29) is 18.2 Å². The van der Waals surface area contributed by atoms with E-state index in [1.54, 1.807) is 30.3 Å². The lowest BCUT2D eigenvalue weighted by atomic mass is 10.2. The molecule has 1 aliphatic heterocycles. The third-order valence-electron chi connectivity index (χ3n) is 4.73. The minimum absolute atomic E-state index is 0.0286. The first-order valence-corrected chi connectivity index (χ1v) is 11.3. The van der Waals surface area contributed by atoms with Gasteiger partial charge >= 0.3 is 0 Å². The predicted octanol–water partition coefficient (Wildman–Crippen LogP) is 5.46. The molecule has 1 heterocycles. The third kappa shape index (κ3) is 6.02. The molecule has 0 bridgehead atoms. The van der Waals surface area contributed by atoms with E-state index >= 15 is 0 Å². The van der Waals surface area contributed by atoms with Crippen LogP contribution in [0.3, 0.4) is 0 Å². The van der Waals surface area contributed by atoms with E-state index in [2.05, 4.69) is 10.3 Å². The molecule has 0 atom stereocenters. The summed E-state index contributed by atoms with van der Waals surface area (Å²) in [5.41, 5.74) is 2.29. The number of non-ortho nitro benzene ring substituents is 1. The third-order valence-corrected chi connectivity index (χ3v) is 5.64. The van der Waals surface area contributed by atoms with E-state index in [0.717, 1.165) is 17.0 Å². The van der Waals surface area contributed by atoms with Crippen LogP contribution in [-0.4, -0.2) is 22.6 Å². The van der Waals surface area contributed by atoms with Gasteiger partial charge in [-0.3, -0.25) is 14.9 Å². The van der Waals surface area contributed by atoms with Crippen LogP contribution in [0.4, 0.5) is 11.4 Å². The summed E-state index contributed by atoms with van der Waals surface area (Å²) in [6, 6.07) is 20.9. The van der Waals surface area contributed by atoms with Crippen molar-refractivity contribution in [2.75, 3.05) is 6.61 Å². The topological polar surface area (TPSA) is 103 Å². The highest BCUT2D eigenvalue weighted by atomic mass is 32.2. The minimum Gasteiger partial charge on any atom is -0.494 e. The molecule has 1 amide bonds. The van der Waals surface area contributed by atoms with Crippen LogP contribution < -0.4 is 14.8 Å². The van der Waals surface area contributed by atoms with E-state index in [0.29, 0.717) is 28.0 Å². The van der Waals surface area contributed by atoms with Crippen LogP contribution in [0.15, 0.2) is 82.7 Å². The molecule has 0 aromatic heterocycles. The maximum atomic E-state index is 12.3. The van der Waals surface area contributed by atoms with Crippen molar-refractivity contribution in [2.45, 2.75) is 13.5 Å². The molecule has 9 heteroatoms. The van der Waals surface area contributed by atoms with E-state index in [4.69, 9.17) is 9.47 Å². The number of rotatable bonds is 8. The van der Waals surface area contributed by atoms with Crippen LogP contribution in [0.5, 0.6) is 11.5 Å². The van der Waals surface area contributed by atoms with Crippen LogP contribution in [-0.2, 0) is 11.4 Å². The van der Waals surface area contributed by atoms with Crippen molar-refractivity contribution in [2.24, 2.45) is 4.99 Å². The number of amidine groups is 1. The minimum atomic E-state index is -0.433. The van der Waals surface area contributed by atoms with Gasteiger partial charge in [0, 0.05) is 12.1 Å². The number of hydrogen-bond donors (Lipinski definition) is 1. The molecule has 1 aliphatic rings. The number of amides is 1. The van der Waals surface area contributed by atoms with Gasteiger partial charge < -0.3 is 14.8 Å². The van der Waals surface area contributed by atoms with Gasteiger partial charge in [0.15, 0.2) is 5.17 Å². The van der Waals surface area contributed by atoms with Gasteiger partial charge in [-0.15, -0.1) is 0 Å². The summed E-state index contributed by atoms with van der Waals surface area (Å²) in [5.74, 6) is 1.18. The van der Waals surface area contributed by atoms with Crippen LogP contribution in [0.25, 0.3) is 6.08 Å². The molecule has 1 N–H and O–H groups in total. The summed E-state index contributed by atoms with van der Waals surface area (Å²) in [6.45, 7) is 2.73. The molecule has 0 radical (unpaired) electrons. The standard InChI is InChI=1S/C25H21N3O5S/c1-2-32-21-12-8-19(9-13-21)26-25-27-24(29)23(34-25)15-17-6-10-22(11-7-17)33-16-18-4-3-5-20(14-18)28(30)31/h3-15H,2,16H2,1H3,(H,26,27,29)/b23-15+. The number of nitro groups is 1. The molecule has 1 fully saturated rings. The summed E-state index contributed by atoms with van der Waals surface area (Å²) >= 11 is 1.27. The van der Waals surface area contributed by atoms with Crippen molar-refractivity contribution in [1.82, 2.24) is 5.32 Å². The van der Waals surface area contributed by atoms with Crippen molar-refractivity contribution >= 4 is 40.3 Å². The Morgan fingerprint density at radius 1 is 1.03 bits per heavy atom. The zero-order chi connectivity index (χ0) is 23.9. The average Bonchev–Trinajstić information content (AvgIpc) is 3.18. The quantitative estimate of drug-likeness (QED) is 0.263. The fourth-order valence-electron chi connectivity index (χ4n) is 3.12. The lowest BCUT2D eigenvalue weighted by Crippen LogP contribution is -2.19. The predicted molar refractivity (Wildman–Crippen MR) is 132 cm³/mol. The van der Waals surface area contributed by atoms with Gasteiger partial charge in [-0.05, 0) is 72.3 Å². The average molecular weight is 476 g/mol. The van der Waals surface area contributed by atoms with Crippen LogP contribution in [0, 0.1) is 10.1 Å². The largest absolute Gasteiger partial charge is 0.494 e. The van der Waals surface area contributed by atoms with Crippen molar-refractivity contribution < 1.29 is 19.2 Å². The monoisotopic (exact) mass is 475 g/mol. The van der Waals surface area contributed by atoms with E-state index in [1.165, 1.54) is 23.9 Å². The molecular weight excluding hydrogens is 454 g/mol. The second kappa shape index (κ2) is 10.7. The molecule has 0 spiro atoms. The number of nitrogens with one attached hydrogen (secondary N) is 1. The second-order valence-electron chi connectivity index (χ2n) is 7.19. The first kappa shape index (κ1) is 23.1. The summed E-state index contributed by atoms with van der Waals surface area (Å²) in [7, 11) is 0.